The Balaban J connectivity index is 1.61. The van der Waals surface area contributed by atoms with Crippen LogP contribution in [0.5, 0.6) is 0 Å². The molecule has 1 aromatic carbocycles. The van der Waals surface area contributed by atoms with Crippen molar-refractivity contribution in [2.45, 2.75) is 44.6 Å². The fraction of sp³-hybridized carbons (Fsp3) is 0.591. The highest BCUT2D eigenvalue weighted by molar-refractivity contribution is 5.81. The number of aromatic nitrogens is 2. The van der Waals surface area contributed by atoms with E-state index in [0.29, 0.717) is 6.04 Å². The highest BCUT2D eigenvalue weighted by Gasteiger charge is 2.26. The Morgan fingerprint density at radius 2 is 1.55 bits per heavy atom. The molecular formula is C22H31N5O2. The molecule has 29 heavy (non-hydrogen) atoms. The summed E-state index contributed by atoms with van der Waals surface area (Å²) in [6.45, 7) is 3.99. The smallest absolute Gasteiger partial charge is 0.317 e. The standard InChI is InChI=1S/C22H31N5O2/c1-25(16-20(28)29)17-8-7-14-27(15-11-17)22-21(26-12-5-2-6-13-26)23-18-9-3-4-10-19(18)24-22/h3-4,9-10,17H,2,5-8,11-16H2,1H3,(H,28,29). The molecule has 1 aromatic heterocycles. The van der Waals surface area contributed by atoms with Crippen LogP contribution in [0.25, 0.3) is 11.0 Å². The van der Waals surface area contributed by atoms with E-state index >= 15 is 0 Å². The quantitative estimate of drug-likeness (QED) is 0.831. The van der Waals surface area contributed by atoms with E-state index in [1.165, 1.54) is 19.3 Å². The van der Waals surface area contributed by atoms with Gasteiger partial charge in [0.25, 0.3) is 0 Å². The molecule has 2 aliphatic heterocycles. The van der Waals surface area contributed by atoms with Gasteiger partial charge in [-0.1, -0.05) is 12.1 Å². The van der Waals surface area contributed by atoms with Crippen LogP contribution in [0, 0.1) is 0 Å². The number of fused-ring (bicyclic) bond motifs is 1. The Labute approximate surface area is 172 Å². The number of rotatable bonds is 5. The molecule has 0 bridgehead atoms. The summed E-state index contributed by atoms with van der Waals surface area (Å²) in [5.74, 6) is 1.24. The maximum atomic E-state index is 11.1. The maximum Gasteiger partial charge on any atom is 0.317 e. The van der Waals surface area contributed by atoms with Gasteiger partial charge in [0.15, 0.2) is 11.6 Å². The molecule has 2 saturated heterocycles. The Bertz CT molecular complexity index is 852. The third-order valence-corrected chi connectivity index (χ3v) is 6.20. The number of likely N-dealkylation sites (N-methyl/N-ethyl adjacent to an activating group) is 1. The van der Waals surface area contributed by atoms with Crippen molar-refractivity contribution in [2.24, 2.45) is 0 Å². The van der Waals surface area contributed by atoms with Crippen molar-refractivity contribution in [1.29, 1.82) is 0 Å². The molecule has 1 atom stereocenters. The van der Waals surface area contributed by atoms with Crippen LogP contribution in [0.2, 0.25) is 0 Å². The van der Waals surface area contributed by atoms with Crippen molar-refractivity contribution in [3.8, 4) is 0 Å². The molecule has 0 spiro atoms. The summed E-state index contributed by atoms with van der Waals surface area (Å²) in [5.41, 5.74) is 1.89. The summed E-state index contributed by atoms with van der Waals surface area (Å²) in [7, 11) is 1.92. The van der Waals surface area contributed by atoms with E-state index < -0.39 is 5.97 Å². The largest absolute Gasteiger partial charge is 0.480 e. The van der Waals surface area contributed by atoms with Crippen LogP contribution in [-0.4, -0.2) is 71.8 Å². The number of hydrogen-bond acceptors (Lipinski definition) is 6. The Morgan fingerprint density at radius 3 is 2.17 bits per heavy atom. The fourth-order valence-corrected chi connectivity index (χ4v) is 4.59. The van der Waals surface area contributed by atoms with E-state index in [1.54, 1.807) is 0 Å². The number of aliphatic carboxylic acids is 1. The van der Waals surface area contributed by atoms with Gasteiger partial charge in [-0.15, -0.1) is 0 Å². The summed E-state index contributed by atoms with van der Waals surface area (Å²) >= 11 is 0. The van der Waals surface area contributed by atoms with Crippen molar-refractivity contribution in [3.63, 3.8) is 0 Å². The first kappa shape index (κ1) is 19.9. The van der Waals surface area contributed by atoms with E-state index in [0.717, 1.165) is 68.1 Å². The lowest BCUT2D eigenvalue weighted by molar-refractivity contribution is -0.138. The van der Waals surface area contributed by atoms with Gasteiger partial charge in [0.2, 0.25) is 0 Å². The molecule has 7 heteroatoms. The highest BCUT2D eigenvalue weighted by Crippen LogP contribution is 2.32. The normalized spacial score (nSPS) is 20.8. The van der Waals surface area contributed by atoms with Crippen molar-refractivity contribution in [1.82, 2.24) is 14.9 Å². The number of anilines is 2. The molecule has 1 unspecified atom stereocenters. The van der Waals surface area contributed by atoms with Gasteiger partial charge in [0.1, 0.15) is 0 Å². The number of carbonyl (C=O) groups is 1. The van der Waals surface area contributed by atoms with Gasteiger partial charge in [-0.25, -0.2) is 9.97 Å². The third kappa shape index (κ3) is 4.61. The average molecular weight is 398 g/mol. The van der Waals surface area contributed by atoms with Crippen molar-refractivity contribution < 1.29 is 9.90 Å². The fourth-order valence-electron chi connectivity index (χ4n) is 4.59. The molecule has 7 nitrogen and oxygen atoms in total. The summed E-state index contributed by atoms with van der Waals surface area (Å²) in [4.78, 5) is 27.9. The van der Waals surface area contributed by atoms with Gasteiger partial charge >= 0.3 is 5.97 Å². The van der Waals surface area contributed by atoms with E-state index in [2.05, 4.69) is 9.80 Å². The first-order valence-electron chi connectivity index (χ1n) is 10.8. The van der Waals surface area contributed by atoms with Gasteiger partial charge in [-0.2, -0.15) is 0 Å². The molecule has 2 aliphatic rings. The lowest BCUT2D eigenvalue weighted by Gasteiger charge is -2.32. The maximum absolute atomic E-state index is 11.1. The predicted molar refractivity (Wildman–Crippen MR) is 116 cm³/mol. The number of benzene rings is 1. The first-order chi connectivity index (χ1) is 14.1. The lowest BCUT2D eigenvalue weighted by Crippen LogP contribution is -2.37. The van der Waals surface area contributed by atoms with Crippen LogP contribution < -0.4 is 9.80 Å². The van der Waals surface area contributed by atoms with E-state index in [-0.39, 0.29) is 6.54 Å². The zero-order chi connectivity index (χ0) is 20.2. The summed E-state index contributed by atoms with van der Waals surface area (Å²) < 4.78 is 0. The van der Waals surface area contributed by atoms with Crippen LogP contribution in [0.1, 0.15) is 38.5 Å². The molecule has 0 saturated carbocycles. The summed E-state index contributed by atoms with van der Waals surface area (Å²) in [6.07, 6.45) is 6.68. The second-order valence-corrected chi connectivity index (χ2v) is 8.29. The lowest BCUT2D eigenvalue weighted by atomic mass is 10.1. The number of para-hydroxylation sites is 2. The number of piperidine rings is 1. The predicted octanol–water partition coefficient (Wildman–Crippen LogP) is 3.00. The minimum Gasteiger partial charge on any atom is -0.480 e. The van der Waals surface area contributed by atoms with Gasteiger partial charge in [-0.05, 0) is 57.7 Å². The van der Waals surface area contributed by atoms with Crippen molar-refractivity contribution >= 4 is 28.6 Å². The first-order valence-corrected chi connectivity index (χ1v) is 10.8. The molecule has 0 amide bonds. The number of carboxylic acid groups (broad SMARTS) is 1. The molecule has 156 valence electrons. The number of carboxylic acids is 1. The minimum absolute atomic E-state index is 0.0967. The molecule has 2 aromatic rings. The van der Waals surface area contributed by atoms with Crippen LogP contribution in [-0.2, 0) is 4.79 Å². The topological polar surface area (TPSA) is 72.8 Å². The van der Waals surface area contributed by atoms with E-state index in [4.69, 9.17) is 15.1 Å². The monoisotopic (exact) mass is 397 g/mol. The average Bonchev–Trinajstić information content (AvgIpc) is 2.99. The highest BCUT2D eigenvalue weighted by atomic mass is 16.4. The van der Waals surface area contributed by atoms with Crippen LogP contribution in [0.15, 0.2) is 24.3 Å². The SMILES string of the molecule is CN(CC(=O)O)C1CCCN(c2nc3ccccc3nc2N2CCCCC2)CC1. The van der Waals surface area contributed by atoms with Gasteiger partial charge in [0.05, 0.1) is 17.6 Å². The van der Waals surface area contributed by atoms with Crippen molar-refractivity contribution in [3.05, 3.63) is 24.3 Å². The number of nitrogens with zero attached hydrogens (tertiary/aromatic N) is 5. The van der Waals surface area contributed by atoms with E-state index in [9.17, 15) is 4.79 Å². The molecular weight excluding hydrogens is 366 g/mol. The second kappa shape index (κ2) is 8.95. The summed E-state index contributed by atoms with van der Waals surface area (Å²) in [6, 6.07) is 8.40. The van der Waals surface area contributed by atoms with Gasteiger partial charge < -0.3 is 14.9 Å². The Morgan fingerprint density at radius 1 is 0.966 bits per heavy atom. The van der Waals surface area contributed by atoms with Crippen LogP contribution in [0.3, 0.4) is 0 Å². The van der Waals surface area contributed by atoms with E-state index in [1.807, 2.05) is 36.2 Å². The molecule has 4 rings (SSSR count). The molecule has 1 N–H and O–H groups in total. The van der Waals surface area contributed by atoms with Gasteiger partial charge in [0, 0.05) is 32.2 Å². The molecule has 0 radical (unpaired) electrons. The Kier molecular flexibility index (Phi) is 6.13. The molecule has 3 heterocycles. The van der Waals surface area contributed by atoms with Gasteiger partial charge in [-0.3, -0.25) is 9.69 Å². The Hall–Kier alpha value is -2.41. The van der Waals surface area contributed by atoms with Crippen LogP contribution in [0.4, 0.5) is 11.6 Å². The zero-order valence-electron chi connectivity index (χ0n) is 17.3. The minimum atomic E-state index is -0.763. The summed E-state index contributed by atoms with van der Waals surface area (Å²) in [5, 5.41) is 9.12. The second-order valence-electron chi connectivity index (χ2n) is 8.29. The number of hydrogen-bond donors (Lipinski definition) is 1. The molecule has 0 aliphatic carbocycles. The van der Waals surface area contributed by atoms with Crippen LogP contribution >= 0.6 is 0 Å². The van der Waals surface area contributed by atoms with Crippen molar-refractivity contribution in [2.75, 3.05) is 49.6 Å². The third-order valence-electron chi connectivity index (χ3n) is 6.20. The zero-order valence-corrected chi connectivity index (χ0v) is 17.3. The molecule has 2 fully saturated rings.